The molecule has 0 aromatic heterocycles. The van der Waals surface area contributed by atoms with E-state index in [0.29, 0.717) is 18.4 Å². The number of nitrogens with one attached hydrogen (secondary N) is 1. The van der Waals surface area contributed by atoms with Crippen molar-refractivity contribution >= 4 is 11.9 Å². The van der Waals surface area contributed by atoms with Gasteiger partial charge in [0.2, 0.25) is 5.91 Å². The molecule has 0 radical (unpaired) electrons. The Bertz CT molecular complexity index is 371. The monoisotopic (exact) mass is 296 g/mol. The highest BCUT2D eigenvalue weighted by Crippen LogP contribution is 2.35. The molecular formula is C16H28N2O3. The van der Waals surface area contributed by atoms with Crippen molar-refractivity contribution in [2.45, 2.75) is 70.4 Å². The first-order chi connectivity index (χ1) is 10.1. The molecule has 1 saturated heterocycles. The third-order valence-electron chi connectivity index (χ3n) is 4.94. The Morgan fingerprint density at radius 2 is 1.95 bits per heavy atom. The van der Waals surface area contributed by atoms with E-state index < -0.39 is 12.0 Å². The molecule has 0 bridgehead atoms. The zero-order valence-electron chi connectivity index (χ0n) is 13.0. The molecule has 1 aliphatic heterocycles. The van der Waals surface area contributed by atoms with Gasteiger partial charge in [0.15, 0.2) is 0 Å². The molecule has 21 heavy (non-hydrogen) atoms. The van der Waals surface area contributed by atoms with Gasteiger partial charge in [0.25, 0.3) is 0 Å². The van der Waals surface area contributed by atoms with Gasteiger partial charge in [-0.25, -0.2) is 0 Å². The topological polar surface area (TPSA) is 69.6 Å². The Morgan fingerprint density at radius 3 is 2.67 bits per heavy atom. The van der Waals surface area contributed by atoms with Gasteiger partial charge < -0.3 is 10.0 Å². The SMILES string of the molecule is CCC[C@H](NCC(=O)N1CCC[C@@H]2CCCC[C@@H]21)C(=O)O. The van der Waals surface area contributed by atoms with E-state index in [2.05, 4.69) is 5.32 Å². The van der Waals surface area contributed by atoms with Crippen molar-refractivity contribution < 1.29 is 14.7 Å². The maximum Gasteiger partial charge on any atom is 0.320 e. The summed E-state index contributed by atoms with van der Waals surface area (Å²) >= 11 is 0. The fourth-order valence-electron chi connectivity index (χ4n) is 3.85. The van der Waals surface area contributed by atoms with Gasteiger partial charge in [0.1, 0.15) is 6.04 Å². The molecule has 5 heteroatoms. The van der Waals surface area contributed by atoms with Crippen LogP contribution in [0.1, 0.15) is 58.3 Å². The van der Waals surface area contributed by atoms with Crippen molar-refractivity contribution in [3.05, 3.63) is 0 Å². The van der Waals surface area contributed by atoms with Crippen LogP contribution in [0.15, 0.2) is 0 Å². The second-order valence-corrected chi connectivity index (χ2v) is 6.40. The van der Waals surface area contributed by atoms with Crippen LogP contribution in [0, 0.1) is 5.92 Å². The number of carbonyl (C=O) groups is 2. The number of hydrogen-bond donors (Lipinski definition) is 2. The lowest BCUT2D eigenvalue weighted by Gasteiger charge is -2.44. The van der Waals surface area contributed by atoms with Crippen molar-refractivity contribution in [2.75, 3.05) is 13.1 Å². The van der Waals surface area contributed by atoms with E-state index in [0.717, 1.165) is 25.8 Å². The molecule has 1 amide bonds. The molecule has 1 aliphatic carbocycles. The van der Waals surface area contributed by atoms with Crippen LogP contribution in [-0.4, -0.2) is 47.1 Å². The zero-order chi connectivity index (χ0) is 15.2. The average molecular weight is 296 g/mol. The van der Waals surface area contributed by atoms with Crippen LogP contribution in [0.25, 0.3) is 0 Å². The highest BCUT2D eigenvalue weighted by Gasteiger charge is 2.35. The van der Waals surface area contributed by atoms with Crippen molar-refractivity contribution in [2.24, 2.45) is 5.92 Å². The van der Waals surface area contributed by atoms with Crippen molar-refractivity contribution in [3.8, 4) is 0 Å². The van der Waals surface area contributed by atoms with Gasteiger partial charge in [0, 0.05) is 12.6 Å². The number of fused-ring (bicyclic) bond motifs is 1. The van der Waals surface area contributed by atoms with E-state index in [-0.39, 0.29) is 12.5 Å². The van der Waals surface area contributed by atoms with E-state index in [9.17, 15) is 9.59 Å². The molecule has 3 atom stereocenters. The highest BCUT2D eigenvalue weighted by molar-refractivity contribution is 5.80. The molecule has 0 aromatic rings. The van der Waals surface area contributed by atoms with E-state index >= 15 is 0 Å². The number of carbonyl (C=O) groups excluding carboxylic acids is 1. The summed E-state index contributed by atoms with van der Waals surface area (Å²) in [5.41, 5.74) is 0. The molecule has 2 fully saturated rings. The van der Waals surface area contributed by atoms with Crippen LogP contribution < -0.4 is 5.32 Å². The smallest absolute Gasteiger partial charge is 0.320 e. The number of likely N-dealkylation sites (tertiary alicyclic amines) is 1. The average Bonchev–Trinajstić information content (AvgIpc) is 2.50. The first-order valence-electron chi connectivity index (χ1n) is 8.39. The van der Waals surface area contributed by atoms with E-state index in [1.807, 2.05) is 11.8 Å². The lowest BCUT2D eigenvalue weighted by Crippen LogP contribution is -2.53. The van der Waals surface area contributed by atoms with Crippen LogP contribution in [0.4, 0.5) is 0 Å². The van der Waals surface area contributed by atoms with E-state index in [4.69, 9.17) is 5.11 Å². The maximum absolute atomic E-state index is 12.5. The van der Waals surface area contributed by atoms with Crippen LogP contribution in [0.2, 0.25) is 0 Å². The van der Waals surface area contributed by atoms with Crippen LogP contribution >= 0.6 is 0 Å². The number of amides is 1. The number of nitrogens with zero attached hydrogens (tertiary/aromatic N) is 1. The molecular weight excluding hydrogens is 268 g/mol. The number of rotatable bonds is 6. The summed E-state index contributed by atoms with van der Waals surface area (Å²) in [5, 5.41) is 12.0. The minimum absolute atomic E-state index is 0.0777. The lowest BCUT2D eigenvalue weighted by molar-refractivity contribution is -0.140. The van der Waals surface area contributed by atoms with Crippen molar-refractivity contribution in [1.82, 2.24) is 10.2 Å². The van der Waals surface area contributed by atoms with Crippen LogP contribution in [0.3, 0.4) is 0 Å². The van der Waals surface area contributed by atoms with Gasteiger partial charge in [-0.1, -0.05) is 26.2 Å². The first kappa shape index (κ1) is 16.3. The summed E-state index contributed by atoms with van der Waals surface area (Å²) in [6, 6.07) is -0.206. The molecule has 2 aliphatic rings. The number of carboxylic acids is 1. The maximum atomic E-state index is 12.5. The quantitative estimate of drug-likeness (QED) is 0.786. The Hall–Kier alpha value is -1.10. The Labute approximate surface area is 127 Å². The third-order valence-corrected chi connectivity index (χ3v) is 4.94. The zero-order valence-corrected chi connectivity index (χ0v) is 13.0. The lowest BCUT2D eigenvalue weighted by atomic mass is 9.78. The summed E-state index contributed by atoms with van der Waals surface area (Å²) in [7, 11) is 0. The fourth-order valence-corrected chi connectivity index (χ4v) is 3.85. The first-order valence-corrected chi connectivity index (χ1v) is 8.39. The van der Waals surface area contributed by atoms with Gasteiger partial charge in [-0.05, 0) is 38.0 Å². The fraction of sp³-hybridized carbons (Fsp3) is 0.875. The largest absolute Gasteiger partial charge is 0.480 e. The van der Waals surface area contributed by atoms with Crippen molar-refractivity contribution in [3.63, 3.8) is 0 Å². The second-order valence-electron chi connectivity index (χ2n) is 6.40. The summed E-state index contributed by atoms with van der Waals surface area (Å²) in [4.78, 5) is 25.6. The van der Waals surface area contributed by atoms with Gasteiger partial charge in [-0.3, -0.25) is 14.9 Å². The van der Waals surface area contributed by atoms with Crippen LogP contribution in [0.5, 0.6) is 0 Å². The van der Waals surface area contributed by atoms with Crippen molar-refractivity contribution in [1.29, 1.82) is 0 Å². The van der Waals surface area contributed by atoms with Gasteiger partial charge in [-0.2, -0.15) is 0 Å². The molecule has 0 spiro atoms. The number of carboxylic acid groups (broad SMARTS) is 1. The standard InChI is InChI=1S/C16H28N2O3/c1-2-6-13(16(20)21)17-11-15(19)18-10-5-8-12-7-3-4-9-14(12)18/h12-14,17H,2-11H2,1H3,(H,20,21)/t12-,13-,14-/m0/s1. The Kier molecular flexibility index (Phi) is 6.03. The summed E-state index contributed by atoms with van der Waals surface area (Å²) < 4.78 is 0. The summed E-state index contributed by atoms with van der Waals surface area (Å²) in [6.07, 6.45) is 8.56. The molecule has 1 saturated carbocycles. The van der Waals surface area contributed by atoms with Gasteiger partial charge >= 0.3 is 5.97 Å². The van der Waals surface area contributed by atoms with Crippen LogP contribution in [-0.2, 0) is 9.59 Å². The normalized spacial score (nSPS) is 27.0. The Balaban J connectivity index is 1.88. The number of hydrogen-bond acceptors (Lipinski definition) is 3. The van der Waals surface area contributed by atoms with Gasteiger partial charge in [0.05, 0.1) is 6.54 Å². The number of piperidine rings is 1. The summed E-state index contributed by atoms with van der Waals surface area (Å²) in [6.45, 7) is 2.95. The summed E-state index contributed by atoms with van der Waals surface area (Å²) in [5.74, 6) is -0.116. The van der Waals surface area contributed by atoms with E-state index in [1.165, 1.54) is 25.7 Å². The molecule has 5 nitrogen and oxygen atoms in total. The number of aliphatic carboxylic acids is 1. The molecule has 2 N–H and O–H groups in total. The molecule has 0 aromatic carbocycles. The predicted molar refractivity (Wildman–Crippen MR) is 81.0 cm³/mol. The molecule has 2 rings (SSSR count). The minimum atomic E-state index is -0.862. The Morgan fingerprint density at radius 1 is 1.24 bits per heavy atom. The molecule has 120 valence electrons. The highest BCUT2D eigenvalue weighted by atomic mass is 16.4. The third kappa shape index (κ3) is 4.19. The second kappa shape index (κ2) is 7.78. The van der Waals surface area contributed by atoms with Gasteiger partial charge in [-0.15, -0.1) is 0 Å². The molecule has 0 unspecified atom stereocenters. The van der Waals surface area contributed by atoms with E-state index in [1.54, 1.807) is 0 Å². The molecule has 1 heterocycles. The minimum Gasteiger partial charge on any atom is -0.480 e. The predicted octanol–water partition coefficient (Wildman–Crippen LogP) is 2.01.